The van der Waals surface area contributed by atoms with Gasteiger partial charge in [0.1, 0.15) is 0 Å². The highest BCUT2D eigenvalue weighted by molar-refractivity contribution is 5.45. The molecule has 0 saturated heterocycles. The van der Waals surface area contributed by atoms with Crippen LogP contribution >= 0.6 is 0 Å². The molecule has 0 fully saturated rings. The smallest absolute Gasteiger partial charge is 0.0294 e. The molecule has 2 rings (SSSR count). The van der Waals surface area contributed by atoms with Crippen molar-refractivity contribution in [1.29, 1.82) is 0 Å². The van der Waals surface area contributed by atoms with Gasteiger partial charge in [0.25, 0.3) is 0 Å². The zero-order valence-electron chi connectivity index (χ0n) is 9.56. The number of allylic oxidation sites excluding steroid dienone is 2. The maximum atomic E-state index is 6.12. The first-order valence-corrected chi connectivity index (χ1v) is 5.67. The van der Waals surface area contributed by atoms with Gasteiger partial charge in [-0.25, -0.2) is 0 Å². The molecule has 0 amide bonds. The van der Waals surface area contributed by atoms with Gasteiger partial charge < -0.3 is 5.73 Å². The number of nitrogens with two attached hydrogens (primary N) is 1. The van der Waals surface area contributed by atoms with Crippen molar-refractivity contribution in [2.45, 2.75) is 52.5 Å². The van der Waals surface area contributed by atoms with E-state index in [9.17, 15) is 0 Å². The normalized spacial score (nSPS) is 27.7. The second-order valence-electron chi connectivity index (χ2n) is 5.65. The Balaban J connectivity index is 2.23. The summed E-state index contributed by atoms with van der Waals surface area (Å²) < 4.78 is 0. The molecule has 0 heterocycles. The summed E-state index contributed by atoms with van der Waals surface area (Å²) in [4.78, 5) is 0. The van der Waals surface area contributed by atoms with Gasteiger partial charge in [-0.2, -0.15) is 0 Å². The fraction of sp³-hybridized carbons (Fsp3) is 0.692. The maximum Gasteiger partial charge on any atom is 0.0294 e. The summed E-state index contributed by atoms with van der Waals surface area (Å²) in [5.41, 5.74) is 11.1. The average Bonchev–Trinajstić information content (AvgIpc) is 2.48. The van der Waals surface area contributed by atoms with Crippen molar-refractivity contribution < 1.29 is 0 Å². The molecule has 0 spiro atoms. The van der Waals surface area contributed by atoms with Crippen LogP contribution in [0.5, 0.6) is 0 Å². The molecule has 1 unspecified atom stereocenters. The summed E-state index contributed by atoms with van der Waals surface area (Å²) in [6, 6.07) is 0.318. The Kier molecular flexibility index (Phi) is 2.30. The van der Waals surface area contributed by atoms with E-state index in [0.717, 1.165) is 0 Å². The molecule has 0 bridgehead atoms. The fourth-order valence-corrected chi connectivity index (χ4v) is 2.45. The zero-order chi connectivity index (χ0) is 10.3. The van der Waals surface area contributed by atoms with Crippen LogP contribution in [0.15, 0.2) is 22.8 Å². The van der Waals surface area contributed by atoms with Gasteiger partial charge in [0.05, 0.1) is 0 Å². The molecule has 2 N–H and O–H groups in total. The van der Waals surface area contributed by atoms with Crippen molar-refractivity contribution in [3.63, 3.8) is 0 Å². The minimum atomic E-state index is 0.317. The molecule has 2 aliphatic carbocycles. The van der Waals surface area contributed by atoms with E-state index >= 15 is 0 Å². The highest BCUT2D eigenvalue weighted by Gasteiger charge is 2.28. The lowest BCUT2D eigenvalue weighted by molar-refractivity contribution is 0.492. The van der Waals surface area contributed by atoms with Crippen LogP contribution in [0.1, 0.15) is 46.5 Å². The lowest BCUT2D eigenvalue weighted by Gasteiger charge is -2.21. The first-order chi connectivity index (χ1) is 6.48. The lowest BCUT2D eigenvalue weighted by atomic mass is 9.84. The monoisotopic (exact) mass is 191 g/mol. The largest absolute Gasteiger partial charge is 0.324 e. The van der Waals surface area contributed by atoms with Crippen molar-refractivity contribution >= 4 is 0 Å². The molecule has 2 aliphatic rings. The van der Waals surface area contributed by atoms with Crippen LogP contribution in [0.2, 0.25) is 0 Å². The highest BCUT2D eigenvalue weighted by Crippen LogP contribution is 2.42. The molecule has 0 saturated carbocycles. The second kappa shape index (κ2) is 3.23. The molecule has 1 heteroatoms. The summed E-state index contributed by atoms with van der Waals surface area (Å²) in [6.07, 6.45) is 7.29. The van der Waals surface area contributed by atoms with Gasteiger partial charge in [0, 0.05) is 6.04 Å². The third-order valence-corrected chi connectivity index (χ3v) is 3.50. The molecular weight excluding hydrogens is 170 g/mol. The van der Waals surface area contributed by atoms with Crippen LogP contribution in [0.25, 0.3) is 0 Å². The third-order valence-electron chi connectivity index (χ3n) is 3.50. The topological polar surface area (TPSA) is 26.0 Å². The Labute approximate surface area is 87.1 Å². The number of hydrogen-bond acceptors (Lipinski definition) is 1. The zero-order valence-corrected chi connectivity index (χ0v) is 9.56. The van der Waals surface area contributed by atoms with Gasteiger partial charge in [-0.15, -0.1) is 0 Å². The predicted octanol–water partition coefficient (Wildman–Crippen LogP) is 3.17. The van der Waals surface area contributed by atoms with E-state index in [1.54, 1.807) is 11.1 Å². The predicted molar refractivity (Wildman–Crippen MR) is 61.0 cm³/mol. The summed E-state index contributed by atoms with van der Waals surface area (Å²) >= 11 is 0. The highest BCUT2D eigenvalue weighted by atomic mass is 14.6. The summed E-state index contributed by atoms with van der Waals surface area (Å²) in [6.45, 7) is 6.88. The molecule has 0 aliphatic heterocycles. The summed E-state index contributed by atoms with van der Waals surface area (Å²) in [7, 11) is 0. The van der Waals surface area contributed by atoms with Crippen LogP contribution in [-0.2, 0) is 0 Å². The van der Waals surface area contributed by atoms with Gasteiger partial charge in [0.15, 0.2) is 0 Å². The van der Waals surface area contributed by atoms with E-state index in [0.29, 0.717) is 11.5 Å². The van der Waals surface area contributed by atoms with Gasteiger partial charge >= 0.3 is 0 Å². The maximum absolute atomic E-state index is 6.12. The van der Waals surface area contributed by atoms with Crippen LogP contribution in [-0.4, -0.2) is 6.04 Å². The number of hydrogen-bond donors (Lipinski definition) is 1. The van der Waals surface area contributed by atoms with Gasteiger partial charge in [-0.3, -0.25) is 0 Å². The summed E-state index contributed by atoms with van der Waals surface area (Å²) in [5, 5.41) is 0. The molecule has 0 aromatic heterocycles. The van der Waals surface area contributed by atoms with Crippen molar-refractivity contribution in [1.82, 2.24) is 0 Å². The molecule has 14 heavy (non-hydrogen) atoms. The molecule has 1 atom stereocenters. The van der Waals surface area contributed by atoms with Gasteiger partial charge in [-0.1, -0.05) is 38.0 Å². The molecule has 0 aromatic rings. The van der Waals surface area contributed by atoms with Crippen molar-refractivity contribution in [2.24, 2.45) is 11.1 Å². The average molecular weight is 191 g/mol. The van der Waals surface area contributed by atoms with Crippen LogP contribution < -0.4 is 5.73 Å². The second-order valence-corrected chi connectivity index (χ2v) is 5.65. The molecule has 78 valence electrons. The van der Waals surface area contributed by atoms with Gasteiger partial charge in [0.2, 0.25) is 0 Å². The SMILES string of the molecule is CC(C)(C)C1=CC2=C(CCCC2N)C1. The number of rotatable bonds is 0. The molecule has 1 nitrogen and oxygen atoms in total. The van der Waals surface area contributed by atoms with E-state index in [1.807, 2.05) is 0 Å². The fourth-order valence-electron chi connectivity index (χ4n) is 2.45. The molecule has 0 radical (unpaired) electrons. The van der Waals surface area contributed by atoms with Crippen molar-refractivity contribution in [3.05, 3.63) is 22.8 Å². The van der Waals surface area contributed by atoms with Crippen LogP contribution in [0.3, 0.4) is 0 Å². The quantitative estimate of drug-likeness (QED) is 0.625. The molecular formula is C13H21N. The minimum Gasteiger partial charge on any atom is -0.324 e. The summed E-state index contributed by atoms with van der Waals surface area (Å²) in [5.74, 6) is 0. The van der Waals surface area contributed by atoms with E-state index < -0.39 is 0 Å². The van der Waals surface area contributed by atoms with Crippen LogP contribution in [0, 0.1) is 5.41 Å². The lowest BCUT2D eigenvalue weighted by Crippen LogP contribution is -2.24. The van der Waals surface area contributed by atoms with E-state index in [4.69, 9.17) is 5.73 Å². The first-order valence-electron chi connectivity index (χ1n) is 5.67. The molecule has 0 aromatic carbocycles. The Morgan fingerprint density at radius 3 is 2.64 bits per heavy atom. The van der Waals surface area contributed by atoms with Crippen molar-refractivity contribution in [3.8, 4) is 0 Å². The Morgan fingerprint density at radius 2 is 2.07 bits per heavy atom. The van der Waals surface area contributed by atoms with E-state index in [1.165, 1.54) is 31.3 Å². The Hall–Kier alpha value is -0.560. The van der Waals surface area contributed by atoms with E-state index in [-0.39, 0.29) is 0 Å². The Bertz CT molecular complexity index is 302. The van der Waals surface area contributed by atoms with Gasteiger partial charge in [-0.05, 0) is 36.7 Å². The minimum absolute atomic E-state index is 0.317. The van der Waals surface area contributed by atoms with Crippen molar-refractivity contribution in [2.75, 3.05) is 0 Å². The van der Waals surface area contributed by atoms with E-state index in [2.05, 4.69) is 26.8 Å². The standard InChI is InChI=1S/C13H21N/c1-13(2,3)10-7-9-5-4-6-12(14)11(9)8-10/h8,12H,4-7,14H2,1-3H3. The third kappa shape index (κ3) is 1.66. The van der Waals surface area contributed by atoms with Crippen LogP contribution in [0.4, 0.5) is 0 Å². The first kappa shape index (κ1) is 9.97. The Morgan fingerprint density at radius 1 is 1.36 bits per heavy atom.